The van der Waals surface area contributed by atoms with E-state index in [0.717, 1.165) is 19.3 Å². The van der Waals surface area contributed by atoms with Gasteiger partial charge >= 0.3 is 0 Å². The summed E-state index contributed by atoms with van der Waals surface area (Å²) < 4.78 is 0. The van der Waals surface area contributed by atoms with Gasteiger partial charge in [0.2, 0.25) is 11.8 Å². The molecule has 1 unspecified atom stereocenters. The van der Waals surface area contributed by atoms with Gasteiger partial charge in [-0.1, -0.05) is 33.6 Å². The van der Waals surface area contributed by atoms with Gasteiger partial charge in [-0.25, -0.2) is 0 Å². The van der Waals surface area contributed by atoms with Gasteiger partial charge in [0.15, 0.2) is 0 Å². The monoisotopic (exact) mass is 228 g/mol. The molecule has 0 fully saturated rings. The van der Waals surface area contributed by atoms with Gasteiger partial charge in [-0.05, 0) is 18.8 Å². The lowest BCUT2D eigenvalue weighted by Gasteiger charge is -2.15. The van der Waals surface area contributed by atoms with Gasteiger partial charge in [0.25, 0.3) is 0 Å². The lowest BCUT2D eigenvalue weighted by Crippen LogP contribution is -2.44. The van der Waals surface area contributed by atoms with Crippen LogP contribution in [0.3, 0.4) is 0 Å². The Kier molecular flexibility index (Phi) is 7.60. The predicted molar refractivity (Wildman–Crippen MR) is 64.7 cm³/mol. The summed E-state index contributed by atoms with van der Waals surface area (Å²) >= 11 is 0. The maximum Gasteiger partial charge on any atom is 0.239 e. The Labute approximate surface area is 98.0 Å². The van der Waals surface area contributed by atoms with E-state index >= 15 is 0 Å². The predicted octanol–water partition coefficient (Wildman–Crippen LogP) is 1.58. The van der Waals surface area contributed by atoms with Crippen molar-refractivity contribution in [3.8, 4) is 0 Å². The fourth-order valence-electron chi connectivity index (χ4n) is 1.38. The molecular formula is C12H24N2O2. The average molecular weight is 228 g/mol. The molecule has 0 aliphatic rings. The van der Waals surface area contributed by atoms with Gasteiger partial charge in [0.05, 0.1) is 0 Å². The minimum Gasteiger partial charge on any atom is -0.368 e. The minimum atomic E-state index is -0.500. The van der Waals surface area contributed by atoms with Crippen LogP contribution in [0.5, 0.6) is 0 Å². The van der Waals surface area contributed by atoms with Crippen molar-refractivity contribution in [3.05, 3.63) is 0 Å². The number of nitrogens with one attached hydrogen (secondary N) is 1. The molecule has 4 nitrogen and oxygen atoms in total. The highest BCUT2D eigenvalue weighted by Crippen LogP contribution is 2.05. The van der Waals surface area contributed by atoms with E-state index in [2.05, 4.69) is 19.2 Å². The van der Waals surface area contributed by atoms with Crippen molar-refractivity contribution in [1.82, 2.24) is 5.32 Å². The molecule has 0 saturated heterocycles. The number of primary amides is 1. The maximum absolute atomic E-state index is 11.5. The van der Waals surface area contributed by atoms with Crippen LogP contribution in [0, 0.1) is 5.92 Å². The molecule has 3 N–H and O–H groups in total. The highest BCUT2D eigenvalue weighted by Gasteiger charge is 2.16. The van der Waals surface area contributed by atoms with Gasteiger partial charge in [0.1, 0.15) is 6.04 Å². The van der Waals surface area contributed by atoms with Gasteiger partial charge < -0.3 is 11.1 Å². The van der Waals surface area contributed by atoms with Gasteiger partial charge in [-0.2, -0.15) is 0 Å². The number of hydrogen-bond donors (Lipinski definition) is 2. The van der Waals surface area contributed by atoms with E-state index in [1.807, 2.05) is 6.92 Å². The zero-order valence-electron chi connectivity index (χ0n) is 10.6. The number of unbranched alkanes of at least 4 members (excludes halogenated alkanes) is 1. The second-order valence-corrected chi connectivity index (χ2v) is 4.60. The summed E-state index contributed by atoms with van der Waals surface area (Å²) in [6, 6.07) is -0.500. The van der Waals surface area contributed by atoms with Crippen molar-refractivity contribution < 1.29 is 9.59 Å². The normalized spacial score (nSPS) is 12.5. The summed E-state index contributed by atoms with van der Waals surface area (Å²) in [6.07, 6.45) is 3.83. The van der Waals surface area contributed by atoms with Gasteiger partial charge in [-0.15, -0.1) is 0 Å². The van der Waals surface area contributed by atoms with E-state index < -0.39 is 11.9 Å². The molecule has 0 rings (SSSR count). The highest BCUT2D eigenvalue weighted by atomic mass is 16.2. The maximum atomic E-state index is 11.5. The van der Waals surface area contributed by atoms with E-state index in [4.69, 9.17) is 5.73 Å². The lowest BCUT2D eigenvalue weighted by atomic mass is 10.1. The van der Waals surface area contributed by atoms with E-state index in [-0.39, 0.29) is 5.91 Å². The molecule has 0 radical (unpaired) electrons. The summed E-state index contributed by atoms with van der Waals surface area (Å²) in [5.41, 5.74) is 5.23. The fourth-order valence-corrected chi connectivity index (χ4v) is 1.38. The van der Waals surface area contributed by atoms with Crippen LogP contribution >= 0.6 is 0 Å². The topological polar surface area (TPSA) is 72.2 Å². The summed E-state index contributed by atoms with van der Waals surface area (Å²) in [5, 5.41) is 2.69. The van der Waals surface area contributed by atoms with E-state index in [1.165, 1.54) is 0 Å². The van der Waals surface area contributed by atoms with E-state index in [1.54, 1.807) is 0 Å². The molecule has 0 spiro atoms. The molecule has 94 valence electrons. The number of rotatable bonds is 8. The molecule has 0 aromatic heterocycles. The van der Waals surface area contributed by atoms with Crippen LogP contribution in [0.2, 0.25) is 0 Å². The third-order valence-corrected chi connectivity index (χ3v) is 2.47. The molecular weight excluding hydrogens is 204 g/mol. The molecule has 0 bridgehead atoms. The first-order chi connectivity index (χ1) is 7.47. The Morgan fingerprint density at radius 2 is 1.88 bits per heavy atom. The van der Waals surface area contributed by atoms with Crippen molar-refractivity contribution >= 4 is 11.8 Å². The standard InChI is InChI=1S/C12H24N2O2/c1-4-5-6-10(12(13)16)14-11(15)8-7-9(2)3/h9-10H,4-8H2,1-3H3,(H2,13,16)(H,14,15). The molecule has 2 amide bonds. The number of nitrogens with two attached hydrogens (primary N) is 1. The SMILES string of the molecule is CCCCC(NC(=O)CCC(C)C)C(N)=O. The molecule has 0 aromatic carbocycles. The van der Waals surface area contributed by atoms with E-state index in [0.29, 0.717) is 18.8 Å². The first-order valence-corrected chi connectivity index (χ1v) is 6.06. The third-order valence-electron chi connectivity index (χ3n) is 2.47. The Bertz CT molecular complexity index is 227. The number of hydrogen-bond acceptors (Lipinski definition) is 2. The molecule has 0 aliphatic heterocycles. The zero-order chi connectivity index (χ0) is 12.6. The minimum absolute atomic E-state index is 0.0754. The third kappa shape index (κ3) is 7.26. The van der Waals surface area contributed by atoms with Gasteiger partial charge in [0, 0.05) is 6.42 Å². The second-order valence-electron chi connectivity index (χ2n) is 4.60. The Balaban J connectivity index is 3.98. The van der Waals surface area contributed by atoms with Crippen LogP contribution < -0.4 is 11.1 Å². The first-order valence-electron chi connectivity index (χ1n) is 6.06. The van der Waals surface area contributed by atoms with Crippen LogP contribution in [-0.2, 0) is 9.59 Å². The summed E-state index contributed by atoms with van der Waals surface area (Å²) in [5.74, 6) is -0.0200. The average Bonchev–Trinajstić information content (AvgIpc) is 2.20. The number of carbonyl (C=O) groups is 2. The number of carbonyl (C=O) groups excluding carboxylic acids is 2. The smallest absolute Gasteiger partial charge is 0.239 e. The molecule has 0 aromatic rings. The Morgan fingerprint density at radius 1 is 1.25 bits per heavy atom. The molecule has 0 aliphatic carbocycles. The molecule has 4 heteroatoms. The Hall–Kier alpha value is -1.06. The molecule has 0 saturated carbocycles. The van der Waals surface area contributed by atoms with E-state index in [9.17, 15) is 9.59 Å². The van der Waals surface area contributed by atoms with Crippen LogP contribution in [0.25, 0.3) is 0 Å². The summed E-state index contributed by atoms with van der Waals surface area (Å²) in [7, 11) is 0. The largest absolute Gasteiger partial charge is 0.368 e. The quantitative estimate of drug-likeness (QED) is 0.662. The van der Waals surface area contributed by atoms with Crippen LogP contribution in [0.1, 0.15) is 52.9 Å². The van der Waals surface area contributed by atoms with Crippen LogP contribution in [-0.4, -0.2) is 17.9 Å². The second kappa shape index (κ2) is 8.13. The fraction of sp³-hybridized carbons (Fsp3) is 0.833. The summed E-state index contributed by atoms with van der Waals surface area (Å²) in [4.78, 5) is 22.6. The van der Waals surface area contributed by atoms with Crippen LogP contribution in [0.15, 0.2) is 0 Å². The van der Waals surface area contributed by atoms with Crippen molar-refractivity contribution in [1.29, 1.82) is 0 Å². The molecule has 16 heavy (non-hydrogen) atoms. The van der Waals surface area contributed by atoms with Crippen molar-refractivity contribution in [2.24, 2.45) is 11.7 Å². The highest BCUT2D eigenvalue weighted by molar-refractivity contribution is 5.86. The zero-order valence-corrected chi connectivity index (χ0v) is 10.6. The van der Waals surface area contributed by atoms with Crippen molar-refractivity contribution in [3.63, 3.8) is 0 Å². The first kappa shape index (κ1) is 14.9. The number of amides is 2. The van der Waals surface area contributed by atoms with Crippen molar-refractivity contribution in [2.45, 2.75) is 58.9 Å². The summed E-state index contributed by atoms with van der Waals surface area (Å²) in [6.45, 7) is 6.17. The molecule has 0 heterocycles. The van der Waals surface area contributed by atoms with Crippen molar-refractivity contribution in [2.75, 3.05) is 0 Å². The molecule has 1 atom stereocenters. The Morgan fingerprint density at radius 3 is 2.31 bits per heavy atom. The van der Waals surface area contributed by atoms with Crippen LogP contribution in [0.4, 0.5) is 0 Å². The van der Waals surface area contributed by atoms with Gasteiger partial charge in [-0.3, -0.25) is 9.59 Å². The lowest BCUT2D eigenvalue weighted by molar-refractivity contribution is -0.127.